The number of benzene rings is 1. The minimum absolute atomic E-state index is 0.0834. The molecule has 21 heavy (non-hydrogen) atoms. The van der Waals surface area contributed by atoms with E-state index < -0.39 is 11.9 Å². The lowest BCUT2D eigenvalue weighted by Crippen LogP contribution is -2.30. The van der Waals surface area contributed by atoms with Crippen LogP contribution >= 0.6 is 0 Å². The first-order valence-corrected chi connectivity index (χ1v) is 6.78. The highest BCUT2D eigenvalue weighted by atomic mass is 19.1. The second kappa shape index (κ2) is 8.40. The summed E-state index contributed by atoms with van der Waals surface area (Å²) >= 11 is 0. The highest BCUT2D eigenvalue weighted by Crippen LogP contribution is 2.13. The largest absolute Gasteiger partial charge is 0.395 e. The van der Waals surface area contributed by atoms with E-state index in [0.717, 1.165) is 0 Å². The smallest absolute Gasteiger partial charge is 0.254 e. The highest BCUT2D eigenvalue weighted by Gasteiger charge is 2.16. The molecule has 5 heteroatoms. The standard InChI is InChI=1S/C16H20FNO3/c1-12(20)8-9-18(2)16(21)15-7-6-14(17)11-13(15)5-3-4-10-19/h6-7,11-12,19-20H,4,8-10H2,1-2H3. The van der Waals surface area contributed by atoms with Gasteiger partial charge >= 0.3 is 0 Å². The van der Waals surface area contributed by atoms with E-state index in [0.29, 0.717) is 24.1 Å². The van der Waals surface area contributed by atoms with Crippen molar-refractivity contribution < 1.29 is 19.4 Å². The fourth-order valence-corrected chi connectivity index (χ4v) is 1.71. The number of amides is 1. The normalized spacial score (nSPS) is 11.5. The number of hydrogen-bond donors (Lipinski definition) is 2. The summed E-state index contributed by atoms with van der Waals surface area (Å²) in [6.07, 6.45) is 0.244. The fourth-order valence-electron chi connectivity index (χ4n) is 1.71. The summed E-state index contributed by atoms with van der Waals surface area (Å²) < 4.78 is 13.3. The molecule has 1 rings (SSSR count). The first-order chi connectivity index (χ1) is 9.95. The van der Waals surface area contributed by atoms with E-state index >= 15 is 0 Å². The topological polar surface area (TPSA) is 60.8 Å². The van der Waals surface area contributed by atoms with E-state index in [-0.39, 0.29) is 18.9 Å². The van der Waals surface area contributed by atoms with Gasteiger partial charge in [-0.1, -0.05) is 11.8 Å². The van der Waals surface area contributed by atoms with Gasteiger partial charge in [-0.05, 0) is 31.5 Å². The number of aliphatic hydroxyl groups excluding tert-OH is 2. The molecule has 1 atom stereocenters. The second-order valence-electron chi connectivity index (χ2n) is 4.83. The SMILES string of the molecule is CC(O)CCN(C)C(=O)c1ccc(F)cc1C#CCCO. The quantitative estimate of drug-likeness (QED) is 0.807. The van der Waals surface area contributed by atoms with Crippen LogP contribution in [0.4, 0.5) is 4.39 Å². The fraction of sp³-hybridized carbons (Fsp3) is 0.438. The third-order valence-corrected chi connectivity index (χ3v) is 2.90. The zero-order valence-corrected chi connectivity index (χ0v) is 12.3. The van der Waals surface area contributed by atoms with Gasteiger partial charge in [-0.25, -0.2) is 4.39 Å². The molecule has 1 unspecified atom stereocenters. The lowest BCUT2D eigenvalue weighted by Gasteiger charge is -2.18. The average molecular weight is 293 g/mol. The molecule has 0 aliphatic carbocycles. The molecule has 0 radical (unpaired) electrons. The molecule has 1 amide bonds. The summed E-state index contributed by atoms with van der Waals surface area (Å²) in [6.45, 7) is 1.97. The van der Waals surface area contributed by atoms with E-state index in [1.807, 2.05) is 0 Å². The molecular weight excluding hydrogens is 273 g/mol. The number of nitrogens with zero attached hydrogens (tertiary/aromatic N) is 1. The summed E-state index contributed by atoms with van der Waals surface area (Å²) in [7, 11) is 1.62. The summed E-state index contributed by atoms with van der Waals surface area (Å²) in [6, 6.07) is 3.83. The Morgan fingerprint density at radius 3 is 2.81 bits per heavy atom. The molecule has 1 aromatic carbocycles. The number of rotatable bonds is 5. The Morgan fingerprint density at radius 2 is 2.19 bits per heavy atom. The van der Waals surface area contributed by atoms with E-state index in [1.54, 1.807) is 14.0 Å². The molecule has 0 saturated carbocycles. The maximum atomic E-state index is 13.3. The molecule has 0 spiro atoms. The van der Waals surface area contributed by atoms with Crippen LogP contribution in [0.5, 0.6) is 0 Å². The molecular formula is C16H20FNO3. The van der Waals surface area contributed by atoms with Crippen molar-refractivity contribution in [2.45, 2.75) is 25.9 Å². The summed E-state index contributed by atoms with van der Waals surface area (Å²) in [5, 5.41) is 18.0. The maximum Gasteiger partial charge on any atom is 0.254 e. The van der Waals surface area contributed by atoms with Gasteiger partial charge in [0.25, 0.3) is 5.91 Å². The van der Waals surface area contributed by atoms with Crippen molar-refractivity contribution in [2.24, 2.45) is 0 Å². The Hall–Kier alpha value is -1.90. The molecule has 0 heterocycles. The lowest BCUT2D eigenvalue weighted by atomic mass is 10.1. The summed E-state index contributed by atoms with van der Waals surface area (Å²) in [4.78, 5) is 13.8. The lowest BCUT2D eigenvalue weighted by molar-refractivity contribution is 0.0768. The van der Waals surface area contributed by atoms with Gasteiger partial charge in [-0.15, -0.1) is 0 Å². The molecule has 0 fully saturated rings. The van der Waals surface area contributed by atoms with Gasteiger partial charge in [0.15, 0.2) is 0 Å². The highest BCUT2D eigenvalue weighted by molar-refractivity contribution is 5.96. The van der Waals surface area contributed by atoms with Crippen LogP contribution in [-0.2, 0) is 0 Å². The maximum absolute atomic E-state index is 13.3. The first-order valence-electron chi connectivity index (χ1n) is 6.78. The van der Waals surface area contributed by atoms with Crippen molar-refractivity contribution >= 4 is 5.91 Å². The van der Waals surface area contributed by atoms with Crippen LogP contribution < -0.4 is 0 Å². The van der Waals surface area contributed by atoms with Crippen molar-refractivity contribution in [1.82, 2.24) is 4.90 Å². The third-order valence-electron chi connectivity index (χ3n) is 2.90. The Morgan fingerprint density at radius 1 is 1.48 bits per heavy atom. The third kappa shape index (κ3) is 5.54. The van der Waals surface area contributed by atoms with Crippen LogP contribution in [-0.4, -0.2) is 47.3 Å². The van der Waals surface area contributed by atoms with Crippen LogP contribution in [0, 0.1) is 17.7 Å². The van der Waals surface area contributed by atoms with Crippen LogP contribution in [0.25, 0.3) is 0 Å². The van der Waals surface area contributed by atoms with E-state index in [2.05, 4.69) is 11.8 Å². The van der Waals surface area contributed by atoms with Crippen molar-refractivity contribution in [1.29, 1.82) is 0 Å². The average Bonchev–Trinajstić information content (AvgIpc) is 2.44. The van der Waals surface area contributed by atoms with Crippen LogP contribution in [0.2, 0.25) is 0 Å². The number of hydrogen-bond acceptors (Lipinski definition) is 3. The monoisotopic (exact) mass is 293 g/mol. The molecule has 0 saturated heterocycles. The van der Waals surface area contributed by atoms with Crippen molar-refractivity contribution in [2.75, 3.05) is 20.2 Å². The van der Waals surface area contributed by atoms with Gasteiger partial charge in [-0.3, -0.25) is 4.79 Å². The molecule has 0 aromatic heterocycles. The Balaban J connectivity index is 2.95. The minimum Gasteiger partial charge on any atom is -0.395 e. The van der Waals surface area contributed by atoms with Crippen molar-refractivity contribution in [3.05, 3.63) is 35.1 Å². The predicted octanol–water partition coefficient (Wildman–Crippen LogP) is 1.40. The summed E-state index contributed by atoms with van der Waals surface area (Å²) in [5.41, 5.74) is 0.618. The number of carbonyl (C=O) groups excluding carboxylic acids is 1. The molecule has 0 aliphatic heterocycles. The van der Waals surface area contributed by atoms with Gasteiger partial charge in [0, 0.05) is 25.6 Å². The van der Waals surface area contributed by atoms with Gasteiger partial charge in [-0.2, -0.15) is 0 Å². The second-order valence-corrected chi connectivity index (χ2v) is 4.83. The molecule has 0 bridgehead atoms. The number of carbonyl (C=O) groups is 1. The minimum atomic E-state index is -0.489. The summed E-state index contributed by atoms with van der Waals surface area (Å²) in [5.74, 6) is 4.65. The van der Waals surface area contributed by atoms with Crippen molar-refractivity contribution in [3.63, 3.8) is 0 Å². The van der Waals surface area contributed by atoms with Crippen molar-refractivity contribution in [3.8, 4) is 11.8 Å². The molecule has 4 nitrogen and oxygen atoms in total. The van der Waals surface area contributed by atoms with Gasteiger partial charge < -0.3 is 15.1 Å². The van der Waals surface area contributed by atoms with Gasteiger partial charge in [0.2, 0.25) is 0 Å². The zero-order valence-electron chi connectivity index (χ0n) is 12.3. The zero-order chi connectivity index (χ0) is 15.8. The van der Waals surface area contributed by atoms with Gasteiger partial charge in [0.1, 0.15) is 5.82 Å². The molecule has 114 valence electrons. The van der Waals surface area contributed by atoms with Crippen LogP contribution in [0.3, 0.4) is 0 Å². The Kier molecular flexibility index (Phi) is 6.86. The van der Waals surface area contributed by atoms with E-state index in [9.17, 15) is 14.3 Å². The van der Waals surface area contributed by atoms with Crippen LogP contribution in [0.15, 0.2) is 18.2 Å². The number of aliphatic hydroxyl groups is 2. The predicted molar refractivity (Wildman–Crippen MR) is 78.2 cm³/mol. The van der Waals surface area contributed by atoms with E-state index in [1.165, 1.54) is 23.1 Å². The Labute approximate surface area is 124 Å². The Bertz CT molecular complexity index is 546. The van der Waals surface area contributed by atoms with Gasteiger partial charge in [0.05, 0.1) is 18.3 Å². The van der Waals surface area contributed by atoms with Crippen LogP contribution in [0.1, 0.15) is 35.7 Å². The molecule has 2 N–H and O–H groups in total. The van der Waals surface area contributed by atoms with E-state index in [4.69, 9.17) is 5.11 Å². The first kappa shape index (κ1) is 17.2. The molecule has 1 aromatic rings. The molecule has 0 aliphatic rings. The number of halogens is 1.